The molecule has 0 radical (unpaired) electrons. The highest BCUT2D eigenvalue weighted by atomic mass is 32.2. The lowest BCUT2D eigenvalue weighted by Gasteiger charge is -2.12. The SMILES string of the molecule is C[C@H](NC(=O)c1ccc(CS(=O)(=O)c2ccccc2)o1)c1nnc2n1CCC2. The summed E-state index contributed by atoms with van der Waals surface area (Å²) in [5.74, 6) is 1.18. The first-order chi connectivity index (χ1) is 13.4. The summed E-state index contributed by atoms with van der Waals surface area (Å²) in [5, 5.41) is 11.1. The third-order valence-corrected chi connectivity index (χ3v) is 6.35. The van der Waals surface area contributed by atoms with E-state index in [9.17, 15) is 13.2 Å². The van der Waals surface area contributed by atoms with Crippen LogP contribution in [0.2, 0.25) is 0 Å². The Labute approximate surface area is 162 Å². The molecule has 1 atom stereocenters. The Morgan fingerprint density at radius 2 is 2.00 bits per heavy atom. The molecule has 0 saturated carbocycles. The second-order valence-electron chi connectivity index (χ2n) is 6.76. The quantitative estimate of drug-likeness (QED) is 0.680. The Kier molecular flexibility index (Phi) is 4.76. The van der Waals surface area contributed by atoms with Gasteiger partial charge < -0.3 is 14.3 Å². The highest BCUT2D eigenvalue weighted by Gasteiger charge is 2.24. The molecular formula is C19H20N4O4S. The van der Waals surface area contributed by atoms with Crippen LogP contribution in [0.1, 0.15) is 47.4 Å². The Hall–Kier alpha value is -2.94. The van der Waals surface area contributed by atoms with Crippen molar-refractivity contribution in [3.05, 3.63) is 65.6 Å². The largest absolute Gasteiger partial charge is 0.455 e. The van der Waals surface area contributed by atoms with Crippen LogP contribution in [-0.4, -0.2) is 29.1 Å². The summed E-state index contributed by atoms with van der Waals surface area (Å²) >= 11 is 0. The molecule has 1 aliphatic heterocycles. The molecule has 0 fully saturated rings. The number of fused-ring (bicyclic) bond motifs is 1. The normalized spacial score (nSPS) is 14.6. The van der Waals surface area contributed by atoms with E-state index in [0.717, 1.165) is 25.2 Å². The fraction of sp³-hybridized carbons (Fsp3) is 0.316. The van der Waals surface area contributed by atoms with Crippen molar-refractivity contribution in [2.24, 2.45) is 0 Å². The van der Waals surface area contributed by atoms with Gasteiger partial charge in [-0.2, -0.15) is 0 Å². The van der Waals surface area contributed by atoms with E-state index in [4.69, 9.17) is 4.42 Å². The second kappa shape index (κ2) is 7.23. The monoisotopic (exact) mass is 400 g/mol. The number of aryl methyl sites for hydroxylation is 1. The van der Waals surface area contributed by atoms with Crippen molar-refractivity contribution in [3.63, 3.8) is 0 Å². The minimum absolute atomic E-state index is 0.0614. The van der Waals surface area contributed by atoms with E-state index in [2.05, 4.69) is 15.5 Å². The zero-order chi connectivity index (χ0) is 19.7. The first-order valence-electron chi connectivity index (χ1n) is 9.03. The van der Waals surface area contributed by atoms with Gasteiger partial charge in [-0.25, -0.2) is 8.42 Å². The van der Waals surface area contributed by atoms with Crippen LogP contribution in [0, 0.1) is 0 Å². The van der Waals surface area contributed by atoms with Crippen LogP contribution in [0.15, 0.2) is 51.8 Å². The summed E-state index contributed by atoms with van der Waals surface area (Å²) in [6.07, 6.45) is 1.92. The summed E-state index contributed by atoms with van der Waals surface area (Å²) < 4.78 is 32.4. The van der Waals surface area contributed by atoms with Crippen molar-refractivity contribution in [1.29, 1.82) is 0 Å². The molecule has 1 aliphatic rings. The molecule has 8 nitrogen and oxygen atoms in total. The molecule has 4 rings (SSSR count). The van der Waals surface area contributed by atoms with Gasteiger partial charge in [-0.05, 0) is 37.6 Å². The number of nitrogens with one attached hydrogen (secondary N) is 1. The van der Waals surface area contributed by atoms with Crippen LogP contribution in [0.4, 0.5) is 0 Å². The van der Waals surface area contributed by atoms with Crippen LogP contribution in [0.3, 0.4) is 0 Å². The number of amides is 1. The zero-order valence-electron chi connectivity index (χ0n) is 15.3. The molecule has 9 heteroatoms. The smallest absolute Gasteiger partial charge is 0.287 e. The van der Waals surface area contributed by atoms with Crippen molar-refractivity contribution >= 4 is 15.7 Å². The van der Waals surface area contributed by atoms with Crippen molar-refractivity contribution in [1.82, 2.24) is 20.1 Å². The molecule has 1 amide bonds. The van der Waals surface area contributed by atoms with Crippen molar-refractivity contribution in [2.45, 2.75) is 43.0 Å². The maximum absolute atomic E-state index is 12.5. The van der Waals surface area contributed by atoms with Crippen LogP contribution >= 0.6 is 0 Å². The average molecular weight is 400 g/mol. The number of sulfone groups is 1. The summed E-state index contributed by atoms with van der Waals surface area (Å²) in [6.45, 7) is 2.68. The van der Waals surface area contributed by atoms with Gasteiger partial charge in [0.1, 0.15) is 17.3 Å². The fourth-order valence-electron chi connectivity index (χ4n) is 3.30. The van der Waals surface area contributed by atoms with Crippen LogP contribution in [0.25, 0.3) is 0 Å². The number of rotatable bonds is 6. The van der Waals surface area contributed by atoms with Crippen molar-refractivity contribution in [2.75, 3.05) is 0 Å². The zero-order valence-corrected chi connectivity index (χ0v) is 16.1. The minimum atomic E-state index is -3.54. The van der Waals surface area contributed by atoms with Crippen molar-refractivity contribution in [3.8, 4) is 0 Å². The molecule has 3 heterocycles. The molecule has 0 saturated heterocycles. The first kappa shape index (κ1) is 18.4. The average Bonchev–Trinajstić information content (AvgIpc) is 3.38. The third kappa shape index (κ3) is 3.57. The number of carbonyl (C=O) groups excluding carboxylic acids is 1. The first-order valence-corrected chi connectivity index (χ1v) is 10.7. The molecule has 1 aromatic carbocycles. The highest BCUT2D eigenvalue weighted by Crippen LogP contribution is 2.21. The van der Waals surface area contributed by atoms with Gasteiger partial charge in [0.15, 0.2) is 21.4 Å². The molecule has 0 bridgehead atoms. The predicted molar refractivity (Wildman–Crippen MR) is 100 cm³/mol. The van der Waals surface area contributed by atoms with E-state index in [-0.39, 0.29) is 28.2 Å². The molecule has 3 aromatic rings. The Bertz CT molecular complexity index is 1100. The molecule has 28 heavy (non-hydrogen) atoms. The van der Waals surface area contributed by atoms with E-state index in [1.807, 2.05) is 11.5 Å². The topological polar surface area (TPSA) is 107 Å². The van der Waals surface area contributed by atoms with E-state index < -0.39 is 15.7 Å². The number of hydrogen-bond donors (Lipinski definition) is 1. The van der Waals surface area contributed by atoms with Crippen LogP contribution in [-0.2, 0) is 28.6 Å². The molecule has 2 aromatic heterocycles. The highest BCUT2D eigenvalue weighted by molar-refractivity contribution is 7.90. The number of nitrogens with zero attached hydrogens (tertiary/aromatic N) is 3. The van der Waals surface area contributed by atoms with Gasteiger partial charge in [0.25, 0.3) is 5.91 Å². The van der Waals surface area contributed by atoms with E-state index >= 15 is 0 Å². The van der Waals surface area contributed by atoms with Gasteiger partial charge in [-0.3, -0.25) is 4.79 Å². The number of hydrogen-bond acceptors (Lipinski definition) is 6. The van der Waals surface area contributed by atoms with Gasteiger partial charge in [0.05, 0.1) is 10.9 Å². The second-order valence-corrected chi connectivity index (χ2v) is 8.75. The standard InChI is InChI=1S/C19H20N4O4S/c1-13(18-22-21-17-8-5-11-23(17)18)20-19(24)16-10-9-14(27-16)12-28(25,26)15-6-3-2-4-7-15/h2-4,6-7,9-10,13H,5,8,11-12H2,1H3,(H,20,24)/t13-/m0/s1. The number of aromatic nitrogens is 3. The number of furan rings is 1. The van der Waals surface area contributed by atoms with Crippen LogP contribution in [0.5, 0.6) is 0 Å². The molecule has 0 spiro atoms. The summed E-state index contributed by atoms with van der Waals surface area (Å²) in [4.78, 5) is 12.7. The Morgan fingerprint density at radius 3 is 2.79 bits per heavy atom. The van der Waals surface area contributed by atoms with Crippen molar-refractivity contribution < 1.29 is 17.6 Å². The van der Waals surface area contributed by atoms with Gasteiger partial charge in [-0.15, -0.1) is 10.2 Å². The Balaban J connectivity index is 1.44. The fourth-order valence-corrected chi connectivity index (χ4v) is 4.57. The number of benzene rings is 1. The van der Waals surface area contributed by atoms with Gasteiger partial charge >= 0.3 is 0 Å². The Morgan fingerprint density at radius 1 is 1.21 bits per heavy atom. The minimum Gasteiger partial charge on any atom is -0.455 e. The lowest BCUT2D eigenvalue weighted by atomic mass is 10.3. The van der Waals surface area contributed by atoms with E-state index in [0.29, 0.717) is 5.82 Å². The lowest BCUT2D eigenvalue weighted by Crippen LogP contribution is -2.28. The van der Waals surface area contributed by atoms with Crippen LogP contribution < -0.4 is 5.32 Å². The number of carbonyl (C=O) groups is 1. The molecule has 146 valence electrons. The van der Waals surface area contributed by atoms with E-state index in [1.165, 1.54) is 24.3 Å². The van der Waals surface area contributed by atoms with Gasteiger partial charge in [0, 0.05) is 13.0 Å². The molecular weight excluding hydrogens is 380 g/mol. The summed E-state index contributed by atoms with van der Waals surface area (Å²) in [5.41, 5.74) is 0. The maximum Gasteiger partial charge on any atom is 0.287 e. The molecule has 0 unspecified atom stereocenters. The lowest BCUT2D eigenvalue weighted by molar-refractivity contribution is 0.0908. The summed E-state index contributed by atoms with van der Waals surface area (Å²) in [7, 11) is -3.54. The summed E-state index contributed by atoms with van der Waals surface area (Å²) in [6, 6.07) is 10.8. The van der Waals surface area contributed by atoms with Gasteiger partial charge in [0.2, 0.25) is 0 Å². The predicted octanol–water partition coefficient (Wildman–Crippen LogP) is 2.28. The maximum atomic E-state index is 12.5. The van der Waals surface area contributed by atoms with Gasteiger partial charge in [-0.1, -0.05) is 18.2 Å². The third-order valence-electron chi connectivity index (χ3n) is 4.69. The molecule has 0 aliphatic carbocycles. The van der Waals surface area contributed by atoms with E-state index in [1.54, 1.807) is 18.2 Å². The molecule has 1 N–H and O–H groups in total.